The molecule has 7 heteroatoms. The van der Waals surface area contributed by atoms with Crippen molar-refractivity contribution in [2.24, 2.45) is 0 Å². The number of esters is 1. The van der Waals surface area contributed by atoms with Gasteiger partial charge in [-0.25, -0.2) is 4.98 Å². The van der Waals surface area contributed by atoms with Crippen molar-refractivity contribution in [2.75, 3.05) is 6.61 Å². The zero-order chi connectivity index (χ0) is 20.4. The highest BCUT2D eigenvalue weighted by molar-refractivity contribution is 7.18. The number of carbonyl (C=O) groups is 2. The third kappa shape index (κ3) is 4.04. The summed E-state index contributed by atoms with van der Waals surface area (Å²) in [7, 11) is 0. The number of carbonyl (C=O) groups excluding carboxylic acids is 2. The summed E-state index contributed by atoms with van der Waals surface area (Å²) >= 11 is 1.45. The summed E-state index contributed by atoms with van der Waals surface area (Å²) in [6.45, 7) is 7.30. The lowest BCUT2D eigenvalue weighted by Gasteiger charge is -2.08. The smallest absolute Gasteiger partial charge is 0.326 e. The predicted octanol–water partition coefficient (Wildman–Crippen LogP) is 3.62. The molecule has 0 aliphatic rings. The van der Waals surface area contributed by atoms with Gasteiger partial charge >= 0.3 is 5.97 Å². The Balaban J connectivity index is 1.65. The van der Waals surface area contributed by atoms with Crippen molar-refractivity contribution in [3.05, 3.63) is 62.5 Å². The number of ketones is 1. The van der Waals surface area contributed by atoms with Crippen LogP contribution in [0.4, 0.5) is 0 Å². The molecule has 2 aromatic heterocycles. The van der Waals surface area contributed by atoms with Gasteiger partial charge in [0.2, 0.25) is 0 Å². The van der Waals surface area contributed by atoms with Crippen LogP contribution < -0.4 is 5.56 Å². The van der Waals surface area contributed by atoms with Crippen molar-refractivity contribution in [3.8, 4) is 0 Å². The van der Waals surface area contributed by atoms with E-state index >= 15 is 0 Å². The highest BCUT2D eigenvalue weighted by Gasteiger charge is 2.15. The summed E-state index contributed by atoms with van der Waals surface area (Å²) in [5.74, 6) is -0.559. The Morgan fingerprint density at radius 2 is 1.86 bits per heavy atom. The maximum atomic E-state index is 12.6. The third-order valence-electron chi connectivity index (χ3n) is 4.72. The van der Waals surface area contributed by atoms with Gasteiger partial charge in [-0.3, -0.25) is 19.0 Å². The van der Waals surface area contributed by atoms with Gasteiger partial charge in [0, 0.05) is 10.4 Å². The first-order chi connectivity index (χ1) is 13.3. The number of rotatable bonds is 6. The molecule has 0 spiro atoms. The van der Waals surface area contributed by atoms with Gasteiger partial charge in [-0.1, -0.05) is 38.1 Å². The second-order valence-electron chi connectivity index (χ2n) is 7.00. The lowest BCUT2D eigenvalue weighted by Crippen LogP contribution is -2.26. The number of hydrogen-bond acceptors (Lipinski definition) is 6. The van der Waals surface area contributed by atoms with Crippen LogP contribution in [-0.2, 0) is 16.1 Å². The minimum Gasteiger partial charge on any atom is -0.456 e. The average Bonchev–Trinajstić information content (AvgIpc) is 2.96. The van der Waals surface area contributed by atoms with Crippen LogP contribution in [0.15, 0.2) is 35.4 Å². The molecule has 0 saturated carbocycles. The van der Waals surface area contributed by atoms with Crippen molar-refractivity contribution in [1.82, 2.24) is 9.55 Å². The molecule has 0 atom stereocenters. The van der Waals surface area contributed by atoms with Crippen molar-refractivity contribution in [2.45, 2.75) is 40.2 Å². The highest BCUT2D eigenvalue weighted by atomic mass is 32.1. The molecule has 0 aliphatic carbocycles. The number of aromatic nitrogens is 2. The Bertz CT molecular complexity index is 1090. The second-order valence-corrected chi connectivity index (χ2v) is 8.20. The molecule has 2 heterocycles. The Kier molecular flexibility index (Phi) is 5.74. The number of ether oxygens (including phenoxy) is 1. The molecule has 0 fully saturated rings. The molecule has 6 nitrogen and oxygen atoms in total. The number of hydrogen-bond donors (Lipinski definition) is 0. The molecular weight excluding hydrogens is 376 g/mol. The first-order valence-corrected chi connectivity index (χ1v) is 9.83. The molecule has 146 valence electrons. The summed E-state index contributed by atoms with van der Waals surface area (Å²) in [6.07, 6.45) is 1.34. The molecule has 28 heavy (non-hydrogen) atoms. The molecular formula is C21H22N2O4S. The van der Waals surface area contributed by atoms with E-state index in [9.17, 15) is 14.4 Å². The molecule has 0 N–H and O–H groups in total. The van der Waals surface area contributed by atoms with Crippen LogP contribution in [0.25, 0.3) is 10.2 Å². The third-order valence-corrected chi connectivity index (χ3v) is 5.83. The fourth-order valence-corrected chi connectivity index (χ4v) is 3.84. The van der Waals surface area contributed by atoms with Gasteiger partial charge in [0.1, 0.15) is 11.4 Å². The van der Waals surface area contributed by atoms with E-state index in [1.54, 1.807) is 12.1 Å². The summed E-state index contributed by atoms with van der Waals surface area (Å²) in [4.78, 5) is 42.9. The van der Waals surface area contributed by atoms with Crippen LogP contribution in [0, 0.1) is 13.8 Å². The van der Waals surface area contributed by atoms with Gasteiger partial charge in [0.15, 0.2) is 12.4 Å². The highest BCUT2D eigenvalue weighted by Crippen LogP contribution is 2.25. The SMILES string of the molecule is Cc1sc2ncn(CC(=O)OCC(=O)c3ccc(C(C)C)cc3)c(=O)c2c1C. The van der Waals surface area contributed by atoms with Crippen molar-refractivity contribution in [3.63, 3.8) is 0 Å². The minimum atomic E-state index is -0.653. The average molecular weight is 398 g/mol. The molecule has 0 amide bonds. The monoisotopic (exact) mass is 398 g/mol. The van der Waals surface area contributed by atoms with Crippen LogP contribution in [0.1, 0.15) is 46.1 Å². The van der Waals surface area contributed by atoms with Gasteiger partial charge in [0.05, 0.1) is 11.7 Å². The molecule has 0 unspecified atom stereocenters. The van der Waals surface area contributed by atoms with E-state index < -0.39 is 5.97 Å². The van der Waals surface area contributed by atoms with E-state index in [1.165, 1.54) is 22.2 Å². The van der Waals surface area contributed by atoms with Gasteiger partial charge in [-0.15, -0.1) is 11.3 Å². The van der Waals surface area contributed by atoms with Gasteiger partial charge in [-0.2, -0.15) is 0 Å². The minimum absolute atomic E-state index is 0.278. The number of aryl methyl sites for hydroxylation is 2. The normalized spacial score (nSPS) is 11.2. The van der Waals surface area contributed by atoms with E-state index in [4.69, 9.17) is 4.74 Å². The molecule has 0 saturated heterocycles. The zero-order valence-corrected chi connectivity index (χ0v) is 17.1. The second kappa shape index (κ2) is 8.06. The molecule has 0 radical (unpaired) electrons. The summed E-state index contributed by atoms with van der Waals surface area (Å²) in [5.41, 5.74) is 2.22. The molecule has 0 aliphatic heterocycles. The number of Topliss-reactive ketones (excluding diaryl/α,β-unsaturated/α-hetero) is 1. The quantitative estimate of drug-likeness (QED) is 0.468. The van der Waals surface area contributed by atoms with Crippen LogP contribution in [0.3, 0.4) is 0 Å². The Hall–Kier alpha value is -2.80. The number of nitrogens with zero attached hydrogens (tertiary/aromatic N) is 2. The number of fused-ring (bicyclic) bond motifs is 1. The number of benzene rings is 1. The maximum absolute atomic E-state index is 12.6. The van der Waals surface area contributed by atoms with Gasteiger partial charge < -0.3 is 4.74 Å². The molecule has 3 rings (SSSR count). The van der Waals surface area contributed by atoms with Crippen LogP contribution in [0.2, 0.25) is 0 Å². The summed E-state index contributed by atoms with van der Waals surface area (Å²) in [5, 5.41) is 0.527. The molecule has 0 bridgehead atoms. The van der Waals surface area contributed by atoms with E-state index in [0.717, 1.165) is 16.0 Å². The fraction of sp³-hybridized carbons (Fsp3) is 0.333. The lowest BCUT2D eigenvalue weighted by atomic mass is 10.0. The summed E-state index contributed by atoms with van der Waals surface area (Å²) < 4.78 is 6.28. The number of thiophene rings is 1. The van der Waals surface area contributed by atoms with Crippen molar-refractivity contribution in [1.29, 1.82) is 0 Å². The first kappa shape index (κ1) is 19.9. The largest absolute Gasteiger partial charge is 0.456 e. The maximum Gasteiger partial charge on any atom is 0.326 e. The van der Waals surface area contributed by atoms with Crippen LogP contribution in [-0.4, -0.2) is 27.9 Å². The van der Waals surface area contributed by atoms with Gasteiger partial charge in [0.25, 0.3) is 5.56 Å². The van der Waals surface area contributed by atoms with Crippen molar-refractivity contribution >= 4 is 33.3 Å². The van der Waals surface area contributed by atoms with E-state index in [2.05, 4.69) is 18.8 Å². The Morgan fingerprint density at radius 1 is 1.18 bits per heavy atom. The van der Waals surface area contributed by atoms with Crippen LogP contribution >= 0.6 is 11.3 Å². The van der Waals surface area contributed by atoms with E-state index in [0.29, 0.717) is 21.7 Å². The van der Waals surface area contributed by atoms with Gasteiger partial charge in [-0.05, 0) is 30.9 Å². The fourth-order valence-electron chi connectivity index (χ4n) is 2.85. The Labute approximate surface area is 166 Å². The standard InChI is InChI=1S/C21H22N2O4S/c1-12(2)15-5-7-16(8-6-15)17(24)10-27-18(25)9-23-11-22-20-19(21(23)26)13(3)14(4)28-20/h5-8,11-12H,9-10H2,1-4H3. The van der Waals surface area contributed by atoms with E-state index in [1.807, 2.05) is 26.0 Å². The summed E-state index contributed by atoms with van der Waals surface area (Å²) in [6, 6.07) is 7.25. The lowest BCUT2D eigenvalue weighted by molar-refractivity contribution is -0.143. The zero-order valence-electron chi connectivity index (χ0n) is 16.3. The molecule has 3 aromatic rings. The van der Waals surface area contributed by atoms with Crippen LogP contribution in [0.5, 0.6) is 0 Å². The topological polar surface area (TPSA) is 78.3 Å². The van der Waals surface area contributed by atoms with E-state index in [-0.39, 0.29) is 24.5 Å². The first-order valence-electron chi connectivity index (χ1n) is 9.02. The Morgan fingerprint density at radius 3 is 2.50 bits per heavy atom. The predicted molar refractivity (Wildman–Crippen MR) is 109 cm³/mol. The molecule has 1 aromatic carbocycles. The van der Waals surface area contributed by atoms with Crippen molar-refractivity contribution < 1.29 is 14.3 Å².